The predicted octanol–water partition coefficient (Wildman–Crippen LogP) is 2.90. The number of aliphatic imine (C=N–C) groups is 1. The third-order valence-electron chi connectivity index (χ3n) is 3.50. The lowest BCUT2D eigenvalue weighted by atomic mass is 9.78. The molecule has 20 heavy (non-hydrogen) atoms. The number of halogens is 1. The molecule has 2 unspecified atom stereocenters. The van der Waals surface area contributed by atoms with Gasteiger partial charge < -0.3 is 15.4 Å². The smallest absolute Gasteiger partial charge is 0.191 e. The van der Waals surface area contributed by atoms with E-state index in [0.717, 1.165) is 30.0 Å². The standard InChI is InChI=1S/C15H28BrN3O/c1-11(16)9-18-14(17-5)19-10-12-7-6-8-20-13(12)15(2,3)4/h12-13H,1,6-10H2,2-5H3,(H2,17,18,19). The van der Waals surface area contributed by atoms with Gasteiger partial charge in [0.25, 0.3) is 0 Å². The second-order valence-electron chi connectivity index (χ2n) is 6.38. The van der Waals surface area contributed by atoms with Crippen LogP contribution in [0, 0.1) is 11.3 Å². The highest BCUT2D eigenvalue weighted by Crippen LogP contribution is 2.33. The van der Waals surface area contributed by atoms with Gasteiger partial charge in [0.15, 0.2) is 5.96 Å². The molecular weight excluding hydrogens is 318 g/mol. The first kappa shape index (κ1) is 17.5. The van der Waals surface area contributed by atoms with E-state index in [1.54, 1.807) is 7.05 Å². The van der Waals surface area contributed by atoms with Crippen LogP contribution in [0.3, 0.4) is 0 Å². The Hall–Kier alpha value is -0.550. The van der Waals surface area contributed by atoms with Crippen LogP contribution in [0.2, 0.25) is 0 Å². The molecule has 1 heterocycles. The van der Waals surface area contributed by atoms with E-state index < -0.39 is 0 Å². The Morgan fingerprint density at radius 3 is 2.65 bits per heavy atom. The number of hydrogen-bond acceptors (Lipinski definition) is 2. The normalized spacial score (nSPS) is 24.4. The number of nitrogens with one attached hydrogen (secondary N) is 2. The molecule has 0 aromatic rings. The highest BCUT2D eigenvalue weighted by atomic mass is 79.9. The summed E-state index contributed by atoms with van der Waals surface area (Å²) in [6, 6.07) is 0. The minimum absolute atomic E-state index is 0.174. The van der Waals surface area contributed by atoms with Crippen LogP contribution in [0.5, 0.6) is 0 Å². The summed E-state index contributed by atoms with van der Waals surface area (Å²) in [5.74, 6) is 1.33. The number of guanidine groups is 1. The van der Waals surface area contributed by atoms with Gasteiger partial charge in [0.05, 0.1) is 6.10 Å². The number of ether oxygens (including phenoxy) is 1. The van der Waals surface area contributed by atoms with Crippen LogP contribution in [0.25, 0.3) is 0 Å². The van der Waals surface area contributed by atoms with Crippen molar-refractivity contribution in [3.63, 3.8) is 0 Å². The van der Waals surface area contributed by atoms with Crippen LogP contribution < -0.4 is 10.6 Å². The number of nitrogens with zero attached hydrogens (tertiary/aromatic N) is 1. The van der Waals surface area contributed by atoms with E-state index in [0.29, 0.717) is 18.6 Å². The second-order valence-corrected chi connectivity index (χ2v) is 7.51. The van der Waals surface area contributed by atoms with E-state index in [4.69, 9.17) is 4.74 Å². The maximum Gasteiger partial charge on any atom is 0.191 e. The minimum Gasteiger partial charge on any atom is -0.377 e. The van der Waals surface area contributed by atoms with E-state index in [9.17, 15) is 0 Å². The average Bonchev–Trinajstić information content (AvgIpc) is 2.38. The molecule has 0 bridgehead atoms. The molecule has 116 valence electrons. The Balaban J connectivity index is 2.50. The Morgan fingerprint density at radius 2 is 2.10 bits per heavy atom. The molecule has 0 amide bonds. The Bertz CT molecular complexity index is 350. The summed E-state index contributed by atoms with van der Waals surface area (Å²) in [6.07, 6.45) is 2.65. The summed E-state index contributed by atoms with van der Waals surface area (Å²) in [5, 5.41) is 6.61. The van der Waals surface area contributed by atoms with Crippen molar-refractivity contribution in [3.05, 3.63) is 11.1 Å². The van der Waals surface area contributed by atoms with E-state index in [1.165, 1.54) is 6.42 Å². The molecule has 1 fully saturated rings. The molecule has 1 aliphatic heterocycles. The van der Waals surface area contributed by atoms with Crippen LogP contribution in [0.4, 0.5) is 0 Å². The lowest BCUT2D eigenvalue weighted by molar-refractivity contribution is -0.0835. The summed E-state index contributed by atoms with van der Waals surface area (Å²) in [6.45, 7) is 13.0. The highest BCUT2D eigenvalue weighted by molar-refractivity contribution is 9.11. The van der Waals surface area contributed by atoms with Crippen molar-refractivity contribution in [1.82, 2.24) is 10.6 Å². The van der Waals surface area contributed by atoms with E-state index >= 15 is 0 Å². The topological polar surface area (TPSA) is 45.7 Å². The molecule has 5 heteroatoms. The van der Waals surface area contributed by atoms with Crippen molar-refractivity contribution in [1.29, 1.82) is 0 Å². The van der Waals surface area contributed by atoms with Crippen molar-refractivity contribution in [3.8, 4) is 0 Å². The molecule has 0 saturated carbocycles. The van der Waals surface area contributed by atoms with Gasteiger partial charge in [0.1, 0.15) is 0 Å². The van der Waals surface area contributed by atoms with E-state index in [-0.39, 0.29) is 5.41 Å². The van der Waals surface area contributed by atoms with Gasteiger partial charge in [0, 0.05) is 37.1 Å². The molecule has 0 aromatic carbocycles. The molecule has 1 rings (SSSR count). The minimum atomic E-state index is 0.174. The summed E-state index contributed by atoms with van der Waals surface area (Å²) in [7, 11) is 1.78. The molecule has 0 spiro atoms. The van der Waals surface area contributed by atoms with E-state index in [1.807, 2.05) is 0 Å². The van der Waals surface area contributed by atoms with Gasteiger partial charge >= 0.3 is 0 Å². The fourth-order valence-electron chi connectivity index (χ4n) is 2.64. The quantitative estimate of drug-likeness (QED) is 0.608. The van der Waals surface area contributed by atoms with Crippen LogP contribution in [-0.4, -0.2) is 38.8 Å². The van der Waals surface area contributed by atoms with Gasteiger partial charge in [-0.3, -0.25) is 4.99 Å². The van der Waals surface area contributed by atoms with Crippen LogP contribution in [-0.2, 0) is 4.74 Å². The van der Waals surface area contributed by atoms with Crippen molar-refractivity contribution in [2.24, 2.45) is 16.3 Å². The maximum absolute atomic E-state index is 6.00. The van der Waals surface area contributed by atoms with Crippen LogP contribution in [0.1, 0.15) is 33.6 Å². The Kier molecular flexibility index (Phi) is 7.03. The second kappa shape index (κ2) is 8.03. The summed E-state index contributed by atoms with van der Waals surface area (Å²) in [4.78, 5) is 4.22. The van der Waals surface area contributed by atoms with Crippen molar-refractivity contribution in [2.75, 3.05) is 26.7 Å². The van der Waals surface area contributed by atoms with Gasteiger partial charge in [-0.05, 0) is 18.3 Å². The van der Waals surface area contributed by atoms with Crippen molar-refractivity contribution < 1.29 is 4.74 Å². The summed E-state index contributed by atoms with van der Waals surface area (Å²) < 4.78 is 6.91. The Morgan fingerprint density at radius 1 is 1.40 bits per heavy atom. The molecule has 0 radical (unpaired) electrons. The van der Waals surface area contributed by atoms with Gasteiger partial charge in [-0.15, -0.1) is 0 Å². The fraction of sp³-hybridized carbons (Fsp3) is 0.800. The third-order valence-corrected chi connectivity index (χ3v) is 3.78. The lowest BCUT2D eigenvalue weighted by Gasteiger charge is -2.40. The van der Waals surface area contributed by atoms with Gasteiger partial charge in [-0.25, -0.2) is 0 Å². The summed E-state index contributed by atoms with van der Waals surface area (Å²) >= 11 is 3.34. The predicted molar refractivity (Wildman–Crippen MR) is 89.4 cm³/mol. The number of rotatable bonds is 4. The first-order chi connectivity index (χ1) is 9.34. The maximum atomic E-state index is 6.00. The van der Waals surface area contributed by atoms with E-state index in [2.05, 4.69) is 58.9 Å². The SMILES string of the molecule is C=C(Br)CNC(=NC)NCC1CCCOC1C(C)(C)C. The molecule has 0 aromatic heterocycles. The van der Waals surface area contributed by atoms with Gasteiger partial charge in [-0.2, -0.15) is 0 Å². The molecule has 0 aliphatic carbocycles. The van der Waals surface area contributed by atoms with Gasteiger partial charge in [-0.1, -0.05) is 43.3 Å². The first-order valence-corrected chi connectivity index (χ1v) is 8.03. The zero-order chi connectivity index (χ0) is 15.2. The monoisotopic (exact) mass is 345 g/mol. The highest BCUT2D eigenvalue weighted by Gasteiger charge is 2.35. The largest absolute Gasteiger partial charge is 0.377 e. The zero-order valence-electron chi connectivity index (χ0n) is 13.1. The molecule has 4 nitrogen and oxygen atoms in total. The zero-order valence-corrected chi connectivity index (χ0v) is 14.7. The van der Waals surface area contributed by atoms with Crippen LogP contribution >= 0.6 is 15.9 Å². The molecule has 1 saturated heterocycles. The molecular formula is C15H28BrN3O. The fourth-order valence-corrected chi connectivity index (χ4v) is 2.78. The number of hydrogen-bond donors (Lipinski definition) is 2. The van der Waals surface area contributed by atoms with Crippen molar-refractivity contribution >= 4 is 21.9 Å². The summed E-state index contributed by atoms with van der Waals surface area (Å²) in [5.41, 5.74) is 0.174. The van der Waals surface area contributed by atoms with Crippen LogP contribution in [0.15, 0.2) is 16.1 Å². The molecule has 2 N–H and O–H groups in total. The van der Waals surface area contributed by atoms with Gasteiger partial charge in [0.2, 0.25) is 0 Å². The third kappa shape index (κ3) is 5.83. The molecule has 1 aliphatic rings. The lowest BCUT2D eigenvalue weighted by Crippen LogP contribution is -2.47. The van der Waals surface area contributed by atoms with Crippen molar-refractivity contribution in [2.45, 2.75) is 39.7 Å². The molecule has 2 atom stereocenters. The Labute approximate surface area is 131 Å². The average molecular weight is 346 g/mol. The first-order valence-electron chi connectivity index (χ1n) is 7.24.